The quantitative estimate of drug-likeness (QED) is 0.214. The fraction of sp³-hybridized carbons (Fsp3) is 0.750. The normalized spacial score (nSPS) is 47.9. The molecule has 6 rings (SSSR count). The Bertz CT molecular complexity index is 1410. The molecule has 8 N–H and O–H groups in total. The Kier molecular flexibility index (Phi) is 8.08. The van der Waals surface area contributed by atoms with E-state index in [4.69, 9.17) is 4.74 Å². The second-order valence-corrected chi connectivity index (χ2v) is 16.3. The molecular weight excluding hydrogens is 592 g/mol. The van der Waals surface area contributed by atoms with Gasteiger partial charge in [0.05, 0.1) is 35.6 Å². The van der Waals surface area contributed by atoms with E-state index < -0.39 is 82.0 Å². The first-order chi connectivity index (χ1) is 21.4. The van der Waals surface area contributed by atoms with Gasteiger partial charge in [0.2, 0.25) is 0 Å². The lowest BCUT2D eigenvalue weighted by molar-refractivity contribution is -0.194. The van der Waals surface area contributed by atoms with E-state index in [1.54, 1.807) is 6.92 Å². The predicted octanol–water partition coefficient (Wildman–Crippen LogP) is 2.39. The number of aliphatic hydroxyl groups excluding tert-OH is 4. The average Bonchev–Trinajstić information content (AvgIpc) is 3.38. The van der Waals surface area contributed by atoms with Crippen LogP contribution < -0.4 is 0 Å². The number of aromatic hydroxyl groups is 2. The molecule has 5 aliphatic rings. The summed E-state index contributed by atoms with van der Waals surface area (Å²) >= 11 is 0. The van der Waals surface area contributed by atoms with Crippen molar-refractivity contribution in [1.29, 1.82) is 0 Å². The number of phenols is 2. The number of carbonyl (C=O) groups excluding carboxylic acids is 1. The minimum Gasteiger partial charge on any atom is -0.504 e. The maximum atomic E-state index is 14.3. The summed E-state index contributed by atoms with van der Waals surface area (Å²) in [5.41, 5.74) is -4.11. The van der Waals surface area contributed by atoms with E-state index >= 15 is 0 Å². The van der Waals surface area contributed by atoms with Gasteiger partial charge < -0.3 is 45.6 Å². The predicted molar refractivity (Wildman–Crippen MR) is 168 cm³/mol. The van der Waals surface area contributed by atoms with E-state index in [0.29, 0.717) is 24.0 Å². The van der Waals surface area contributed by atoms with E-state index in [1.165, 1.54) is 24.3 Å². The number of fused-ring (bicyclic) bond motifs is 7. The van der Waals surface area contributed by atoms with Crippen LogP contribution in [0, 0.1) is 46.3 Å². The molecule has 1 saturated heterocycles. The summed E-state index contributed by atoms with van der Waals surface area (Å²) in [6, 6.07) is 4.15. The van der Waals surface area contributed by atoms with Gasteiger partial charge in [-0.05, 0) is 84.6 Å². The number of allylic oxidation sites excluding steroid dienone is 1. The van der Waals surface area contributed by atoms with Crippen LogP contribution in [0.25, 0.3) is 0 Å². The summed E-state index contributed by atoms with van der Waals surface area (Å²) in [4.78, 5) is 14.3. The first-order valence-corrected chi connectivity index (χ1v) is 16.9. The van der Waals surface area contributed by atoms with Gasteiger partial charge in [-0.15, -0.1) is 0 Å². The summed E-state index contributed by atoms with van der Waals surface area (Å²) in [7, 11) is 0. The molecule has 10 nitrogen and oxygen atoms in total. The molecule has 0 unspecified atom stereocenters. The molecule has 1 heterocycles. The molecule has 1 aromatic rings. The van der Waals surface area contributed by atoms with Gasteiger partial charge in [0.25, 0.3) is 0 Å². The van der Waals surface area contributed by atoms with Crippen molar-refractivity contribution in [2.75, 3.05) is 6.61 Å². The molecule has 0 spiro atoms. The molecule has 1 aliphatic heterocycles. The summed E-state index contributed by atoms with van der Waals surface area (Å²) < 4.78 is 6.50. The number of benzene rings is 1. The highest BCUT2D eigenvalue weighted by Gasteiger charge is 2.77. The Morgan fingerprint density at radius 2 is 1.70 bits per heavy atom. The molecule has 0 radical (unpaired) electrons. The lowest BCUT2D eigenvalue weighted by Gasteiger charge is -2.64. The van der Waals surface area contributed by atoms with Crippen LogP contribution in [0.3, 0.4) is 0 Å². The van der Waals surface area contributed by atoms with Crippen LogP contribution in [0.4, 0.5) is 0 Å². The molecule has 0 aromatic heterocycles. The molecule has 15 atom stereocenters. The zero-order chi connectivity index (χ0) is 33.9. The summed E-state index contributed by atoms with van der Waals surface area (Å²) in [6.45, 7) is 11.3. The van der Waals surface area contributed by atoms with Crippen molar-refractivity contribution in [3.8, 4) is 11.5 Å². The van der Waals surface area contributed by atoms with Crippen molar-refractivity contribution < 1.29 is 50.4 Å². The first kappa shape index (κ1) is 33.8. The highest BCUT2D eigenvalue weighted by Crippen LogP contribution is 2.73. The number of ether oxygens (including phenoxy) is 1. The molecule has 4 fully saturated rings. The monoisotopic (exact) mass is 644 g/mol. The third-order valence-corrected chi connectivity index (χ3v) is 13.8. The molecule has 4 aliphatic carbocycles. The van der Waals surface area contributed by atoms with Crippen LogP contribution in [-0.2, 0) is 9.53 Å². The van der Waals surface area contributed by atoms with E-state index in [-0.39, 0.29) is 48.7 Å². The van der Waals surface area contributed by atoms with Crippen LogP contribution in [0.15, 0.2) is 29.8 Å². The van der Waals surface area contributed by atoms with E-state index in [0.717, 1.165) is 0 Å². The largest absolute Gasteiger partial charge is 0.504 e. The lowest BCUT2D eigenvalue weighted by Crippen LogP contribution is -2.66. The molecule has 10 heteroatoms. The lowest BCUT2D eigenvalue weighted by atomic mass is 9.41. The Hall–Kier alpha value is -2.05. The number of rotatable bonds is 6. The summed E-state index contributed by atoms with van der Waals surface area (Å²) in [5.74, 6) is -4.08. The number of phenolic OH excluding ortho intramolecular Hbond substituents is 2. The zero-order valence-corrected chi connectivity index (χ0v) is 27.7. The number of hydrogen-bond acceptors (Lipinski definition) is 10. The molecule has 46 heavy (non-hydrogen) atoms. The zero-order valence-electron chi connectivity index (χ0n) is 27.7. The van der Waals surface area contributed by atoms with E-state index in [9.17, 15) is 45.6 Å². The molecule has 1 aromatic carbocycles. The van der Waals surface area contributed by atoms with Crippen molar-refractivity contribution in [1.82, 2.24) is 0 Å². The Morgan fingerprint density at radius 3 is 2.30 bits per heavy atom. The Labute approximate surface area is 270 Å². The van der Waals surface area contributed by atoms with Crippen molar-refractivity contribution >= 4 is 5.78 Å². The van der Waals surface area contributed by atoms with Crippen molar-refractivity contribution in [3.05, 3.63) is 35.4 Å². The van der Waals surface area contributed by atoms with Gasteiger partial charge in [-0.1, -0.05) is 40.7 Å². The fourth-order valence-electron chi connectivity index (χ4n) is 11.2. The van der Waals surface area contributed by atoms with Crippen molar-refractivity contribution in [2.24, 2.45) is 46.3 Å². The van der Waals surface area contributed by atoms with Gasteiger partial charge in [0.1, 0.15) is 6.10 Å². The second-order valence-electron chi connectivity index (χ2n) is 16.3. The maximum Gasteiger partial charge on any atom is 0.160 e. The topological polar surface area (TPSA) is 188 Å². The van der Waals surface area contributed by atoms with Crippen LogP contribution in [-0.4, -0.2) is 95.0 Å². The fourth-order valence-corrected chi connectivity index (χ4v) is 11.2. The van der Waals surface area contributed by atoms with Crippen LogP contribution in [0.2, 0.25) is 0 Å². The highest BCUT2D eigenvalue weighted by atomic mass is 16.5. The standard InChI is InChI=1S/C36H52O10/c1-16(2)17(3)29(42)32-35(6,44)31-26(46-32)15-36(45)21-13-24(40)28-27(18-7-8-22(38)23(39)11-18)30(43)25(41)14-33(28,4)20(21)12-19(9-10-37)34(31,36)5/h7-8,11,13,16-17,19-20,25-32,37-39,41-45H,9-10,12,14-15H2,1-6H3/t17-,19-,20+,25-,26-,27-,28-,29-,30-,31+,32+,33+,34+,35+,36-/m0/s1. The molecule has 0 bridgehead atoms. The smallest absolute Gasteiger partial charge is 0.160 e. The second kappa shape index (κ2) is 11.0. The number of carbonyl (C=O) groups is 1. The van der Waals surface area contributed by atoms with Gasteiger partial charge in [0, 0.05) is 36.2 Å². The van der Waals surface area contributed by atoms with Crippen LogP contribution in [0.5, 0.6) is 11.5 Å². The van der Waals surface area contributed by atoms with E-state index in [2.05, 4.69) is 0 Å². The average molecular weight is 645 g/mol. The molecule has 3 saturated carbocycles. The maximum absolute atomic E-state index is 14.3. The minimum absolute atomic E-state index is 0.0915. The molecule has 256 valence electrons. The van der Waals surface area contributed by atoms with Gasteiger partial charge in [-0.25, -0.2) is 0 Å². The highest BCUT2D eigenvalue weighted by molar-refractivity contribution is 5.96. The third-order valence-electron chi connectivity index (χ3n) is 13.8. The third kappa shape index (κ3) is 4.36. The minimum atomic E-state index is -1.59. The Balaban J connectivity index is 1.46. The van der Waals surface area contributed by atoms with Crippen molar-refractivity contribution in [2.45, 2.75) is 115 Å². The van der Waals surface area contributed by atoms with Crippen molar-refractivity contribution in [3.63, 3.8) is 0 Å². The molecule has 0 amide bonds. The van der Waals surface area contributed by atoms with Gasteiger partial charge in [-0.2, -0.15) is 0 Å². The van der Waals surface area contributed by atoms with Gasteiger partial charge in [-0.3, -0.25) is 4.79 Å². The van der Waals surface area contributed by atoms with Gasteiger partial charge >= 0.3 is 0 Å². The molecular formula is C36H52O10. The van der Waals surface area contributed by atoms with Gasteiger partial charge in [0.15, 0.2) is 17.3 Å². The Morgan fingerprint density at radius 1 is 1.02 bits per heavy atom. The van der Waals surface area contributed by atoms with E-state index in [1.807, 2.05) is 34.6 Å². The number of aliphatic hydroxyl groups is 6. The summed E-state index contributed by atoms with van der Waals surface area (Å²) in [5, 5.41) is 89.7. The summed E-state index contributed by atoms with van der Waals surface area (Å²) in [6.07, 6.45) is -2.47. The first-order valence-electron chi connectivity index (χ1n) is 16.9. The number of ketones is 1. The van der Waals surface area contributed by atoms with Crippen LogP contribution in [0.1, 0.15) is 78.7 Å². The SMILES string of the molecule is CC(C)[C@H](C)[C@H](O)[C@H]1O[C@H]2C[C@]3(O)C4=CC(=O)[C@H]5[C@H](c6ccc(O)c(O)c6)[C@@H](O)[C@@H](O)C[C@]5(C)[C@@H]4C[C@H](CCO)[C@]3(C)[C@@H]2[C@@]1(C)O. The number of hydrogen-bond donors (Lipinski definition) is 8. The van der Waals surface area contributed by atoms with Crippen LogP contribution >= 0.6 is 0 Å².